The van der Waals surface area contributed by atoms with Crippen LogP contribution >= 0.6 is 0 Å². The van der Waals surface area contributed by atoms with Crippen molar-refractivity contribution in [2.45, 2.75) is 142 Å². The molecule has 0 aromatic heterocycles. The number of fused-ring (bicyclic) bond motifs is 5. The first-order valence-electron chi connectivity index (χ1n) is 22.1. The average Bonchev–Trinajstić information content (AvgIpc) is 3.56. The van der Waals surface area contributed by atoms with Gasteiger partial charge in [0.15, 0.2) is 5.75 Å². The number of carbonyl (C=O) groups is 4. The number of hydrogen-bond donors (Lipinski definition) is 6. The Balaban J connectivity index is 1.04. The van der Waals surface area contributed by atoms with E-state index in [1.807, 2.05) is 0 Å². The lowest BCUT2D eigenvalue weighted by atomic mass is 9.43. The van der Waals surface area contributed by atoms with Crippen LogP contribution in [-0.4, -0.2) is 96.9 Å². The van der Waals surface area contributed by atoms with Gasteiger partial charge >= 0.3 is 5.97 Å². The fourth-order valence-corrected chi connectivity index (χ4v) is 11.9. The molecule has 0 spiro atoms. The summed E-state index contributed by atoms with van der Waals surface area (Å²) in [7, 11) is 1.32. The molecule has 5 rings (SSSR count). The number of primary amides is 1. The molecule has 0 aliphatic heterocycles. The number of ether oxygens (including phenoxy) is 4. The van der Waals surface area contributed by atoms with Gasteiger partial charge in [-0.15, -0.1) is 0 Å². The topological polar surface area (TPSA) is 216 Å². The van der Waals surface area contributed by atoms with Gasteiger partial charge in [-0.05, 0) is 111 Å². The predicted molar refractivity (Wildman–Crippen MR) is 222 cm³/mol. The van der Waals surface area contributed by atoms with Gasteiger partial charge in [-0.25, -0.2) is 0 Å². The number of phenols is 1. The number of carbonyl (C=O) groups excluding carboxylic acids is 4. The van der Waals surface area contributed by atoms with E-state index >= 15 is 0 Å². The van der Waals surface area contributed by atoms with Gasteiger partial charge in [-0.1, -0.05) is 46.5 Å². The lowest BCUT2D eigenvalue weighted by Crippen LogP contribution is -2.59. The van der Waals surface area contributed by atoms with Gasteiger partial charge in [0, 0.05) is 18.9 Å². The zero-order valence-electron chi connectivity index (χ0n) is 36.0. The number of methoxy groups -OCH3 is 1. The van der Waals surface area contributed by atoms with E-state index in [9.17, 15) is 34.5 Å². The number of rotatable bonds is 21. The zero-order chi connectivity index (χ0) is 43.0. The number of hydrogen-bond acceptors (Lipinski definition) is 11. The zero-order valence-corrected chi connectivity index (χ0v) is 36.0. The van der Waals surface area contributed by atoms with Crippen molar-refractivity contribution in [3.05, 3.63) is 17.7 Å². The molecule has 332 valence electrons. The smallest absolute Gasteiger partial charge is 0.306 e. The molecule has 4 aliphatic carbocycles. The largest absolute Gasteiger partial charge is 0.505 e. The Bertz CT molecular complexity index is 1620. The van der Waals surface area contributed by atoms with E-state index < -0.39 is 35.2 Å². The van der Waals surface area contributed by atoms with E-state index in [1.165, 1.54) is 32.1 Å². The third-order valence-corrected chi connectivity index (χ3v) is 14.8. The first kappa shape index (κ1) is 46.6. The molecule has 0 heterocycles. The molecule has 4 fully saturated rings. The van der Waals surface area contributed by atoms with Crippen LogP contribution in [0, 0.1) is 40.4 Å². The summed E-state index contributed by atoms with van der Waals surface area (Å²) >= 11 is 0. The lowest BCUT2D eigenvalue weighted by Gasteiger charge is -2.63. The summed E-state index contributed by atoms with van der Waals surface area (Å²) in [5.74, 6) is -0.916. The molecule has 1 aromatic rings. The quantitative estimate of drug-likeness (QED) is 0.0507. The molecule has 7 N–H and O–H groups in total. The lowest BCUT2D eigenvalue weighted by molar-refractivity contribution is -0.197. The summed E-state index contributed by atoms with van der Waals surface area (Å²) in [4.78, 5) is 50.0. The minimum Gasteiger partial charge on any atom is -0.505 e. The summed E-state index contributed by atoms with van der Waals surface area (Å²) in [6.07, 6.45) is 12.1. The molecule has 3 unspecified atom stereocenters. The third-order valence-electron chi connectivity index (χ3n) is 14.8. The van der Waals surface area contributed by atoms with Gasteiger partial charge in [-0.2, -0.15) is 0 Å². The third kappa shape index (κ3) is 10.9. The maximum absolute atomic E-state index is 13.4. The fourth-order valence-electron chi connectivity index (χ4n) is 11.9. The highest BCUT2D eigenvalue weighted by molar-refractivity contribution is 6.02. The second kappa shape index (κ2) is 20.4. The number of unbranched alkanes of at least 4 members (excludes halogenated alkanes) is 3. The van der Waals surface area contributed by atoms with Crippen LogP contribution in [0.2, 0.25) is 0 Å². The molecule has 14 heteroatoms. The molecule has 0 bridgehead atoms. The van der Waals surface area contributed by atoms with E-state index in [4.69, 9.17) is 24.7 Å². The van der Waals surface area contributed by atoms with Crippen molar-refractivity contribution in [1.29, 1.82) is 0 Å². The van der Waals surface area contributed by atoms with Gasteiger partial charge in [0.2, 0.25) is 11.8 Å². The highest BCUT2D eigenvalue weighted by Crippen LogP contribution is 2.69. The van der Waals surface area contributed by atoms with Crippen molar-refractivity contribution < 1.29 is 53.4 Å². The molecule has 59 heavy (non-hydrogen) atoms. The molecule has 0 radical (unpaired) electrons. The van der Waals surface area contributed by atoms with Crippen LogP contribution in [-0.2, 0) is 28.6 Å². The maximum atomic E-state index is 13.4. The van der Waals surface area contributed by atoms with Crippen molar-refractivity contribution in [3.63, 3.8) is 0 Å². The van der Waals surface area contributed by atoms with Crippen molar-refractivity contribution in [1.82, 2.24) is 5.32 Å². The highest BCUT2D eigenvalue weighted by Gasteiger charge is 2.64. The summed E-state index contributed by atoms with van der Waals surface area (Å²) in [5.41, 5.74) is 4.35. The molecular formula is C45H71N3O11. The Kier molecular flexibility index (Phi) is 16.1. The number of aromatic hydroxyl groups is 1. The molecule has 14 nitrogen and oxygen atoms in total. The Morgan fingerprint density at radius 3 is 2.36 bits per heavy atom. The minimum absolute atomic E-state index is 0.0131. The summed E-state index contributed by atoms with van der Waals surface area (Å²) < 4.78 is 22.1. The van der Waals surface area contributed by atoms with Crippen LogP contribution in [0.15, 0.2) is 12.1 Å². The van der Waals surface area contributed by atoms with E-state index in [1.54, 1.807) is 0 Å². The highest BCUT2D eigenvalue weighted by atomic mass is 16.5. The van der Waals surface area contributed by atoms with E-state index in [0.29, 0.717) is 24.2 Å². The molecule has 4 saturated carbocycles. The van der Waals surface area contributed by atoms with E-state index in [0.717, 1.165) is 64.2 Å². The molecule has 0 saturated heterocycles. The number of nitrogens with one attached hydrogen (secondary N) is 2. The monoisotopic (exact) mass is 830 g/mol. The maximum Gasteiger partial charge on any atom is 0.306 e. The number of anilines is 1. The summed E-state index contributed by atoms with van der Waals surface area (Å²) in [6, 6.07) is 2.78. The molecular weight excluding hydrogens is 759 g/mol. The fraction of sp³-hybridized carbons (Fsp3) is 0.778. The van der Waals surface area contributed by atoms with Gasteiger partial charge in [0.05, 0.1) is 50.7 Å². The van der Waals surface area contributed by atoms with Crippen LogP contribution in [0.4, 0.5) is 5.69 Å². The first-order valence-corrected chi connectivity index (χ1v) is 22.1. The SMILES string of the molecule is CCCCCC[C@](C)(O)[C@H]1CCC2C3C[C@H](OC(=O)CCC(=O)NCCOCCOCC(=O)Nc4ccc(OC)c(C(N)=O)c4O)[C@H]4C[C@@H](O)CC[C@]4(C)C3CC[C@@]21C. The number of benzene rings is 1. The second-order valence-corrected chi connectivity index (χ2v) is 18.5. The van der Waals surface area contributed by atoms with Gasteiger partial charge in [0.1, 0.15) is 24.0 Å². The number of esters is 1. The van der Waals surface area contributed by atoms with Crippen LogP contribution in [0.5, 0.6) is 11.5 Å². The van der Waals surface area contributed by atoms with Crippen LogP contribution in [0.1, 0.15) is 134 Å². The Hall–Kier alpha value is -3.46. The normalized spacial score (nSPS) is 30.9. The number of amides is 3. The van der Waals surface area contributed by atoms with Crippen LogP contribution < -0.4 is 21.1 Å². The van der Waals surface area contributed by atoms with Crippen molar-refractivity contribution in [3.8, 4) is 11.5 Å². The molecule has 4 aliphatic rings. The first-order chi connectivity index (χ1) is 28.0. The summed E-state index contributed by atoms with van der Waals surface area (Å²) in [5, 5.41) is 38.2. The van der Waals surface area contributed by atoms with Crippen molar-refractivity contribution in [2.75, 3.05) is 45.4 Å². The molecule has 1 aromatic carbocycles. The number of aliphatic hydroxyl groups excluding tert-OH is 1. The molecule has 10 atom stereocenters. The molecule has 3 amide bonds. The minimum atomic E-state index is -0.908. The average molecular weight is 830 g/mol. The second-order valence-electron chi connectivity index (χ2n) is 18.5. The number of aliphatic hydroxyl groups is 2. The Labute approximate surface area is 350 Å². The van der Waals surface area contributed by atoms with E-state index in [2.05, 4.69) is 38.3 Å². The number of nitrogens with two attached hydrogens (primary N) is 1. The predicted octanol–water partition coefficient (Wildman–Crippen LogP) is 5.63. The standard InChI is InChI=1S/C45H71N3O11/c1-6-7-8-9-18-45(4,55)36-13-10-30-29-26-35(32-25-28(49)16-19-43(32,2)31(29)17-20-44(30,36)3)59-39(52)15-14-37(50)47-21-22-57-23-24-58-27-38(51)48-33-11-12-34(56-5)40(41(33)53)42(46)54/h11-12,28-32,35-36,49,53,55H,6-10,13-27H2,1-5H3,(H2,46,54)(H,47,50)(H,48,51)/t28-,29?,30?,31?,32+,35-,36-,43+,44-,45-/m0/s1. The van der Waals surface area contributed by atoms with Gasteiger partial charge in [0.25, 0.3) is 5.91 Å². The Morgan fingerprint density at radius 2 is 1.63 bits per heavy atom. The van der Waals surface area contributed by atoms with Gasteiger partial charge < -0.3 is 50.6 Å². The van der Waals surface area contributed by atoms with Gasteiger partial charge in [-0.3, -0.25) is 19.2 Å². The van der Waals surface area contributed by atoms with E-state index in [-0.39, 0.29) is 97.5 Å². The Morgan fingerprint density at radius 1 is 0.898 bits per heavy atom. The van der Waals surface area contributed by atoms with Crippen LogP contribution in [0.25, 0.3) is 0 Å². The van der Waals surface area contributed by atoms with Crippen LogP contribution in [0.3, 0.4) is 0 Å². The summed E-state index contributed by atoms with van der Waals surface area (Å²) in [6.45, 7) is 9.43. The van der Waals surface area contributed by atoms with Crippen molar-refractivity contribution >= 4 is 29.4 Å². The van der Waals surface area contributed by atoms with Crippen molar-refractivity contribution in [2.24, 2.45) is 46.2 Å².